The van der Waals surface area contributed by atoms with E-state index in [1.807, 2.05) is 0 Å². The predicted octanol–water partition coefficient (Wildman–Crippen LogP) is 11.4. The lowest BCUT2D eigenvalue weighted by Crippen LogP contribution is -2.31. The standard InChI is InChI=1S/C52H96NO16P/c1-3-5-7-9-11-13-15-17-19-21-23-25-27-29-31-37-48(57)64-43-45(67-49(58)38-32-30-28-26-24-22-20-18-16-14-12-10-8-6-4-2)44-66-70(62,63)65-42-41-53-46(54)35-33-39-50(59)68-52(61)69-51(60)40-34-36-47(55)56/h45,52,61H,3-44H2,1-2H3,(H,53,54)(H,55,56)(H,62,63)/p-1. The predicted molar refractivity (Wildman–Crippen MR) is 266 cm³/mol. The van der Waals surface area contributed by atoms with E-state index in [1.165, 1.54) is 141 Å². The first-order valence-corrected chi connectivity index (χ1v) is 28.7. The molecule has 0 rings (SSSR count). The van der Waals surface area contributed by atoms with Crippen molar-refractivity contribution in [3.8, 4) is 0 Å². The van der Waals surface area contributed by atoms with Crippen LogP contribution in [-0.4, -0.2) is 84.9 Å². The smallest absolute Gasteiger partial charge is 0.362 e. The number of unbranched alkanes of at least 4 members (excludes halogenated alkanes) is 28. The monoisotopic (exact) mass is 1020 g/mol. The van der Waals surface area contributed by atoms with Crippen molar-refractivity contribution < 1.29 is 76.4 Å². The van der Waals surface area contributed by atoms with Gasteiger partial charge in [0.25, 0.3) is 7.82 Å². The van der Waals surface area contributed by atoms with Crippen molar-refractivity contribution in [3.05, 3.63) is 0 Å². The van der Waals surface area contributed by atoms with E-state index in [0.717, 1.165) is 38.5 Å². The number of phosphoric ester groups is 1. The Morgan fingerprint density at radius 2 is 0.814 bits per heavy atom. The Balaban J connectivity index is 4.63. The zero-order valence-corrected chi connectivity index (χ0v) is 44.3. The normalized spacial score (nSPS) is 13.0. The number of hydrogen-bond donors (Lipinski definition) is 3. The summed E-state index contributed by atoms with van der Waals surface area (Å²) < 4.78 is 42.3. The highest BCUT2D eigenvalue weighted by Gasteiger charge is 2.22. The molecule has 0 aromatic heterocycles. The molecule has 70 heavy (non-hydrogen) atoms. The van der Waals surface area contributed by atoms with Crippen LogP contribution in [0.2, 0.25) is 0 Å². The third-order valence-electron chi connectivity index (χ3n) is 11.8. The van der Waals surface area contributed by atoms with Crippen molar-refractivity contribution in [1.82, 2.24) is 5.32 Å². The molecule has 0 bridgehead atoms. The number of phosphoric acid groups is 1. The summed E-state index contributed by atoms with van der Waals surface area (Å²) in [5.41, 5.74) is 0. The van der Waals surface area contributed by atoms with E-state index >= 15 is 0 Å². The van der Waals surface area contributed by atoms with E-state index in [1.54, 1.807) is 0 Å². The second-order valence-electron chi connectivity index (χ2n) is 18.5. The van der Waals surface area contributed by atoms with Gasteiger partial charge in [-0.2, -0.15) is 0 Å². The van der Waals surface area contributed by atoms with E-state index in [4.69, 9.17) is 23.6 Å². The van der Waals surface area contributed by atoms with E-state index in [-0.39, 0.29) is 64.5 Å². The van der Waals surface area contributed by atoms with Crippen molar-refractivity contribution in [1.29, 1.82) is 0 Å². The van der Waals surface area contributed by atoms with Gasteiger partial charge in [-0.3, -0.25) is 33.3 Å². The Kier molecular flexibility index (Phi) is 46.0. The molecule has 0 saturated heterocycles. The van der Waals surface area contributed by atoms with Gasteiger partial charge >= 0.3 is 36.3 Å². The highest BCUT2D eigenvalue weighted by Crippen LogP contribution is 2.38. The molecule has 0 aromatic rings. The molecule has 0 saturated carbocycles. The number of carbonyl (C=O) groups excluding carboxylic acids is 5. The molecule has 0 aliphatic rings. The lowest BCUT2D eigenvalue weighted by Gasteiger charge is -2.25. The number of carbonyl (C=O) groups is 6. The fourth-order valence-electron chi connectivity index (χ4n) is 7.69. The SMILES string of the molecule is CCCCCCCCCCCCCCCCCC(=O)OCC(COP(=O)([O-])OCCNC(=O)CCCC(=O)OC(O)OC(=O)CCCC(=O)O)OC(=O)CCCCCCCCCCCCCCCCC. The molecule has 3 unspecified atom stereocenters. The zero-order chi connectivity index (χ0) is 51.8. The number of carboxylic acids is 1. The lowest BCUT2D eigenvalue weighted by atomic mass is 10.0. The molecule has 0 fully saturated rings. The van der Waals surface area contributed by atoms with Crippen molar-refractivity contribution in [2.75, 3.05) is 26.4 Å². The van der Waals surface area contributed by atoms with Crippen LogP contribution in [0.25, 0.3) is 0 Å². The summed E-state index contributed by atoms with van der Waals surface area (Å²) in [4.78, 5) is 84.1. The van der Waals surface area contributed by atoms with Crippen LogP contribution in [0.4, 0.5) is 0 Å². The number of aliphatic hydroxyl groups excluding tert-OH is 1. The number of aliphatic hydroxyl groups is 1. The maximum atomic E-state index is 12.8. The molecule has 3 N–H and O–H groups in total. The molecular weight excluding hydrogens is 926 g/mol. The third-order valence-corrected chi connectivity index (χ3v) is 12.8. The molecule has 0 heterocycles. The highest BCUT2D eigenvalue weighted by molar-refractivity contribution is 7.45. The maximum absolute atomic E-state index is 12.8. The van der Waals surface area contributed by atoms with Crippen molar-refractivity contribution in [2.24, 2.45) is 0 Å². The molecule has 0 aliphatic heterocycles. The van der Waals surface area contributed by atoms with E-state index in [2.05, 4.69) is 28.6 Å². The fourth-order valence-corrected chi connectivity index (χ4v) is 8.43. The van der Waals surface area contributed by atoms with Crippen molar-refractivity contribution >= 4 is 43.6 Å². The number of hydrogen-bond acceptors (Lipinski definition) is 15. The van der Waals surface area contributed by atoms with Crippen LogP contribution < -0.4 is 10.2 Å². The van der Waals surface area contributed by atoms with Gasteiger partial charge in [-0.1, -0.05) is 194 Å². The molecule has 0 spiro atoms. The topological polar surface area (TPSA) is 250 Å². The van der Waals surface area contributed by atoms with E-state index in [9.17, 15) is 43.3 Å². The van der Waals surface area contributed by atoms with Gasteiger partial charge in [0.2, 0.25) is 5.91 Å². The third kappa shape index (κ3) is 48.5. The van der Waals surface area contributed by atoms with Crippen LogP contribution in [0.1, 0.15) is 258 Å². The van der Waals surface area contributed by atoms with Crippen LogP contribution in [0.3, 0.4) is 0 Å². The Morgan fingerprint density at radius 1 is 0.457 bits per heavy atom. The summed E-state index contributed by atoms with van der Waals surface area (Å²) in [5, 5.41) is 20.6. The van der Waals surface area contributed by atoms with Crippen LogP contribution >= 0.6 is 7.82 Å². The molecule has 0 aliphatic carbocycles. The largest absolute Gasteiger partial charge is 0.756 e. The molecule has 0 radical (unpaired) electrons. The first-order valence-electron chi connectivity index (χ1n) is 27.3. The average Bonchev–Trinajstić information content (AvgIpc) is 3.31. The summed E-state index contributed by atoms with van der Waals surface area (Å²) in [6, 6.07) is 0. The minimum atomic E-state index is -4.95. The molecular formula is C52H95NO16P-. The van der Waals surface area contributed by atoms with Gasteiger partial charge in [-0.05, 0) is 25.7 Å². The average molecular weight is 1020 g/mol. The number of esters is 4. The van der Waals surface area contributed by atoms with Crippen LogP contribution in [-0.2, 0) is 61.3 Å². The summed E-state index contributed by atoms with van der Waals surface area (Å²) in [6.45, 7) is 0.546. The van der Waals surface area contributed by atoms with Crippen LogP contribution in [0, 0.1) is 0 Å². The first kappa shape index (κ1) is 66.9. The highest BCUT2D eigenvalue weighted by atomic mass is 31.2. The Morgan fingerprint density at radius 3 is 1.23 bits per heavy atom. The van der Waals surface area contributed by atoms with Gasteiger partial charge in [0.05, 0.1) is 13.2 Å². The second-order valence-corrected chi connectivity index (χ2v) is 19.9. The molecule has 410 valence electrons. The molecule has 1 amide bonds. The van der Waals surface area contributed by atoms with Gasteiger partial charge in [-0.15, -0.1) is 0 Å². The fraction of sp³-hybridized carbons (Fsp3) is 0.885. The summed E-state index contributed by atoms with van der Waals surface area (Å²) in [5.74, 6) is -4.60. The number of amides is 1. The second kappa shape index (κ2) is 48.2. The first-order chi connectivity index (χ1) is 33.8. The van der Waals surface area contributed by atoms with Crippen molar-refractivity contribution in [2.45, 2.75) is 270 Å². The quantitative estimate of drug-likeness (QED) is 0.0168. The van der Waals surface area contributed by atoms with E-state index in [0.29, 0.717) is 12.8 Å². The van der Waals surface area contributed by atoms with Gasteiger partial charge in [0, 0.05) is 45.1 Å². The lowest BCUT2D eigenvalue weighted by molar-refractivity contribution is -0.246. The molecule has 17 nitrogen and oxygen atoms in total. The maximum Gasteiger partial charge on any atom is 0.362 e. The van der Waals surface area contributed by atoms with Gasteiger partial charge in [0.1, 0.15) is 6.61 Å². The summed E-state index contributed by atoms with van der Waals surface area (Å²) >= 11 is 0. The Bertz CT molecular complexity index is 1380. The Hall–Kier alpha value is -3.11. The molecule has 18 heteroatoms. The number of ether oxygens (including phenoxy) is 4. The zero-order valence-electron chi connectivity index (χ0n) is 43.4. The summed E-state index contributed by atoms with van der Waals surface area (Å²) in [7, 11) is -4.95. The van der Waals surface area contributed by atoms with Gasteiger partial charge in [0.15, 0.2) is 6.10 Å². The minimum absolute atomic E-state index is 0.0163. The number of carboxylic acid groups (broad SMARTS) is 1. The molecule has 3 atom stereocenters. The van der Waals surface area contributed by atoms with Gasteiger partial charge in [-0.25, -0.2) is 0 Å². The minimum Gasteiger partial charge on any atom is -0.756 e. The number of rotatable bonds is 52. The van der Waals surface area contributed by atoms with Crippen molar-refractivity contribution in [3.63, 3.8) is 0 Å². The number of aliphatic carboxylic acids is 1. The van der Waals surface area contributed by atoms with Gasteiger partial charge < -0.3 is 48.4 Å². The van der Waals surface area contributed by atoms with Crippen LogP contribution in [0.15, 0.2) is 0 Å². The molecule has 0 aromatic carbocycles. The van der Waals surface area contributed by atoms with Crippen LogP contribution in [0.5, 0.6) is 0 Å². The number of nitrogens with one attached hydrogen (secondary N) is 1. The summed E-state index contributed by atoms with van der Waals surface area (Å²) in [6.07, 6.45) is 33.9. The van der Waals surface area contributed by atoms with E-state index < -0.39 is 69.4 Å². The Labute approximate surface area is 420 Å².